The molecule has 1 aliphatic carbocycles. The molecule has 8 nitrogen and oxygen atoms in total. The molecule has 0 bridgehead atoms. The van der Waals surface area contributed by atoms with Gasteiger partial charge in [0.1, 0.15) is 17.2 Å². The number of alkyl carbamates (subject to hydrolysis) is 1. The van der Waals surface area contributed by atoms with Crippen molar-refractivity contribution in [3.8, 4) is 5.82 Å². The SMILES string of the molecule is CC(C)(C)OC(=O)N[C@@H](c1nc2cccc(Cl)c2c(=O)n1-c1ccn[nH]1)C1CC1. The van der Waals surface area contributed by atoms with Gasteiger partial charge in [-0.05, 0) is 51.7 Å². The number of carbonyl (C=O) groups excluding carboxylic acids is 1. The summed E-state index contributed by atoms with van der Waals surface area (Å²) in [5.74, 6) is 1.04. The summed E-state index contributed by atoms with van der Waals surface area (Å²) in [5, 5.41) is 10.3. The highest BCUT2D eigenvalue weighted by atomic mass is 35.5. The van der Waals surface area contributed by atoms with Gasteiger partial charge < -0.3 is 10.1 Å². The Kier molecular flexibility index (Phi) is 4.82. The molecule has 1 amide bonds. The lowest BCUT2D eigenvalue weighted by atomic mass is 10.1. The average Bonchev–Trinajstić information content (AvgIpc) is 3.32. The van der Waals surface area contributed by atoms with Crippen LogP contribution < -0.4 is 10.9 Å². The molecule has 0 unspecified atom stereocenters. The van der Waals surface area contributed by atoms with Crippen LogP contribution >= 0.6 is 11.6 Å². The molecular formula is C20H22ClN5O3. The maximum absolute atomic E-state index is 13.4. The molecule has 2 aromatic heterocycles. The summed E-state index contributed by atoms with van der Waals surface area (Å²) in [6.07, 6.45) is 2.85. The van der Waals surface area contributed by atoms with Crippen molar-refractivity contribution in [2.45, 2.75) is 45.3 Å². The molecule has 0 radical (unpaired) electrons. The first-order valence-electron chi connectivity index (χ1n) is 9.45. The molecule has 4 rings (SSSR count). The number of aromatic nitrogens is 4. The van der Waals surface area contributed by atoms with Crippen LogP contribution in [-0.2, 0) is 4.74 Å². The lowest BCUT2D eigenvalue weighted by molar-refractivity contribution is 0.0493. The van der Waals surface area contributed by atoms with Gasteiger partial charge in [0.25, 0.3) is 5.56 Å². The number of benzene rings is 1. The van der Waals surface area contributed by atoms with Crippen LogP contribution in [0.5, 0.6) is 0 Å². The average molecular weight is 416 g/mol. The third-order valence-corrected chi connectivity index (χ3v) is 4.96. The van der Waals surface area contributed by atoms with Gasteiger partial charge in [-0.25, -0.2) is 14.3 Å². The number of halogens is 1. The quantitative estimate of drug-likeness (QED) is 0.675. The van der Waals surface area contributed by atoms with Crippen LogP contribution in [0.15, 0.2) is 35.3 Å². The predicted octanol–water partition coefficient (Wildman–Crippen LogP) is 3.74. The summed E-state index contributed by atoms with van der Waals surface area (Å²) in [7, 11) is 0. The lowest BCUT2D eigenvalue weighted by Crippen LogP contribution is -2.39. The fraction of sp³-hybridized carbons (Fsp3) is 0.400. The lowest BCUT2D eigenvalue weighted by Gasteiger charge is -2.25. The number of rotatable bonds is 4. The number of carbonyl (C=O) groups is 1. The van der Waals surface area contributed by atoms with Crippen molar-refractivity contribution in [1.29, 1.82) is 0 Å². The number of hydrogen-bond acceptors (Lipinski definition) is 5. The molecule has 1 fully saturated rings. The van der Waals surface area contributed by atoms with Gasteiger partial charge in [0.2, 0.25) is 0 Å². The summed E-state index contributed by atoms with van der Waals surface area (Å²) < 4.78 is 6.86. The Morgan fingerprint density at radius 1 is 1.34 bits per heavy atom. The zero-order valence-corrected chi connectivity index (χ0v) is 17.2. The van der Waals surface area contributed by atoms with Crippen molar-refractivity contribution in [2.75, 3.05) is 0 Å². The van der Waals surface area contributed by atoms with Gasteiger partial charge in [-0.3, -0.25) is 9.89 Å². The molecule has 0 saturated heterocycles. The molecule has 29 heavy (non-hydrogen) atoms. The molecule has 1 atom stereocenters. The molecule has 9 heteroatoms. The predicted molar refractivity (Wildman–Crippen MR) is 109 cm³/mol. The molecule has 2 heterocycles. The summed E-state index contributed by atoms with van der Waals surface area (Å²) in [6.45, 7) is 5.40. The van der Waals surface area contributed by atoms with Crippen LogP contribution in [-0.4, -0.2) is 31.4 Å². The van der Waals surface area contributed by atoms with Gasteiger partial charge >= 0.3 is 6.09 Å². The van der Waals surface area contributed by atoms with Gasteiger partial charge in [0.15, 0.2) is 0 Å². The Bertz CT molecular complexity index is 1110. The van der Waals surface area contributed by atoms with Gasteiger partial charge in [0, 0.05) is 6.07 Å². The number of amides is 1. The zero-order valence-electron chi connectivity index (χ0n) is 16.4. The summed E-state index contributed by atoms with van der Waals surface area (Å²) >= 11 is 6.29. The van der Waals surface area contributed by atoms with Crippen molar-refractivity contribution in [2.24, 2.45) is 5.92 Å². The fourth-order valence-electron chi connectivity index (χ4n) is 3.28. The Balaban J connectivity index is 1.88. The molecule has 0 spiro atoms. The number of aromatic amines is 1. The number of nitrogens with zero attached hydrogens (tertiary/aromatic N) is 3. The second-order valence-corrected chi connectivity index (χ2v) is 8.55. The highest BCUT2D eigenvalue weighted by molar-refractivity contribution is 6.35. The molecule has 152 valence electrons. The first-order chi connectivity index (χ1) is 13.7. The Labute approximate surface area is 172 Å². The third kappa shape index (κ3) is 3.98. The second kappa shape index (κ2) is 7.18. The molecule has 1 aromatic carbocycles. The Hall–Kier alpha value is -2.87. The van der Waals surface area contributed by atoms with E-state index in [-0.39, 0.29) is 11.5 Å². The van der Waals surface area contributed by atoms with Crippen molar-refractivity contribution in [3.05, 3.63) is 51.7 Å². The minimum absolute atomic E-state index is 0.167. The maximum Gasteiger partial charge on any atom is 0.408 e. The Morgan fingerprint density at radius 3 is 2.72 bits per heavy atom. The summed E-state index contributed by atoms with van der Waals surface area (Å²) in [5.41, 5.74) is -0.479. The Morgan fingerprint density at radius 2 is 2.10 bits per heavy atom. The van der Waals surface area contributed by atoms with Crippen molar-refractivity contribution in [1.82, 2.24) is 25.1 Å². The first-order valence-corrected chi connectivity index (χ1v) is 9.83. The normalized spacial score (nSPS) is 15.3. The highest BCUT2D eigenvalue weighted by Gasteiger charge is 2.38. The van der Waals surface area contributed by atoms with Crippen LogP contribution in [0, 0.1) is 5.92 Å². The van der Waals surface area contributed by atoms with Crippen LogP contribution in [0.1, 0.15) is 45.5 Å². The smallest absolute Gasteiger partial charge is 0.408 e. The number of H-pyrrole nitrogens is 1. The standard InChI is InChI=1S/C20H22ClN5O3/c1-20(2,3)29-19(28)24-16(11-7-8-11)17-23-13-6-4-5-12(21)15(13)18(27)26(17)14-9-10-22-25-14/h4-6,9-11,16H,7-8H2,1-3H3,(H,22,25)(H,24,28)/t16-/m1/s1. The molecular weight excluding hydrogens is 394 g/mol. The van der Waals surface area contributed by atoms with E-state index in [9.17, 15) is 9.59 Å². The van der Waals surface area contributed by atoms with E-state index in [1.807, 2.05) is 0 Å². The third-order valence-electron chi connectivity index (χ3n) is 4.64. The summed E-state index contributed by atoms with van der Waals surface area (Å²) in [6, 6.07) is 6.33. The molecule has 2 N–H and O–H groups in total. The van der Waals surface area contributed by atoms with E-state index in [1.165, 1.54) is 4.57 Å². The second-order valence-electron chi connectivity index (χ2n) is 8.15. The molecule has 3 aromatic rings. The summed E-state index contributed by atoms with van der Waals surface area (Å²) in [4.78, 5) is 30.6. The van der Waals surface area contributed by atoms with E-state index in [0.29, 0.717) is 27.6 Å². The van der Waals surface area contributed by atoms with Gasteiger partial charge in [-0.2, -0.15) is 5.10 Å². The zero-order chi connectivity index (χ0) is 20.8. The fourth-order valence-corrected chi connectivity index (χ4v) is 3.53. The van der Waals surface area contributed by atoms with Crippen molar-refractivity contribution in [3.63, 3.8) is 0 Å². The van der Waals surface area contributed by atoms with Crippen LogP contribution in [0.25, 0.3) is 16.7 Å². The van der Waals surface area contributed by atoms with Crippen LogP contribution in [0.4, 0.5) is 4.79 Å². The number of hydrogen-bond donors (Lipinski definition) is 2. The van der Waals surface area contributed by atoms with E-state index < -0.39 is 17.7 Å². The molecule has 1 saturated carbocycles. The van der Waals surface area contributed by atoms with E-state index in [2.05, 4.69) is 15.5 Å². The van der Waals surface area contributed by atoms with Crippen LogP contribution in [0.3, 0.4) is 0 Å². The first kappa shape index (κ1) is 19.4. The molecule has 0 aliphatic heterocycles. The van der Waals surface area contributed by atoms with Crippen molar-refractivity contribution < 1.29 is 9.53 Å². The van der Waals surface area contributed by atoms with E-state index in [4.69, 9.17) is 21.3 Å². The topological polar surface area (TPSA) is 102 Å². The minimum Gasteiger partial charge on any atom is -0.444 e. The van der Waals surface area contributed by atoms with Gasteiger partial charge in [-0.1, -0.05) is 17.7 Å². The minimum atomic E-state index is -0.633. The van der Waals surface area contributed by atoms with Crippen molar-refractivity contribution >= 4 is 28.6 Å². The highest BCUT2D eigenvalue weighted by Crippen LogP contribution is 2.41. The number of fused-ring (bicyclic) bond motifs is 1. The monoisotopic (exact) mass is 415 g/mol. The largest absolute Gasteiger partial charge is 0.444 e. The van der Waals surface area contributed by atoms with Gasteiger partial charge in [-0.15, -0.1) is 0 Å². The van der Waals surface area contributed by atoms with Gasteiger partial charge in [0.05, 0.1) is 28.2 Å². The van der Waals surface area contributed by atoms with Crippen LogP contribution in [0.2, 0.25) is 5.02 Å². The molecule has 1 aliphatic rings. The number of ether oxygens (including phenoxy) is 1. The van der Waals surface area contributed by atoms with E-state index >= 15 is 0 Å². The van der Waals surface area contributed by atoms with E-state index in [1.54, 1.807) is 51.2 Å². The van der Waals surface area contributed by atoms with E-state index in [0.717, 1.165) is 12.8 Å². The maximum atomic E-state index is 13.4. The number of nitrogens with one attached hydrogen (secondary N) is 2.